The van der Waals surface area contributed by atoms with Gasteiger partial charge in [0.1, 0.15) is 11.6 Å². The molecule has 0 saturated carbocycles. The lowest BCUT2D eigenvalue weighted by Gasteiger charge is -2.40. The van der Waals surface area contributed by atoms with E-state index < -0.39 is 17.3 Å². The van der Waals surface area contributed by atoms with Gasteiger partial charge in [0.2, 0.25) is 5.88 Å². The first kappa shape index (κ1) is 20.7. The lowest BCUT2D eigenvalue weighted by molar-refractivity contribution is 0.0625. The molecule has 0 radical (unpaired) electrons. The van der Waals surface area contributed by atoms with Crippen molar-refractivity contribution in [1.82, 2.24) is 4.98 Å². The minimum Gasteiger partial charge on any atom is -0.449 e. The van der Waals surface area contributed by atoms with E-state index in [9.17, 15) is 9.18 Å². The number of benzene rings is 2. The van der Waals surface area contributed by atoms with Crippen LogP contribution in [0.1, 0.15) is 27.9 Å². The molecular formula is C22H15BrClFN4O3. The van der Waals surface area contributed by atoms with Crippen molar-refractivity contribution >= 4 is 45.1 Å². The Labute approximate surface area is 195 Å². The number of fused-ring (bicyclic) bond motifs is 4. The second-order valence-corrected chi connectivity index (χ2v) is 8.65. The molecule has 3 aromatic rings. The van der Waals surface area contributed by atoms with Crippen molar-refractivity contribution in [2.45, 2.75) is 12.0 Å². The molecule has 3 heterocycles. The van der Waals surface area contributed by atoms with Crippen LogP contribution in [0, 0.1) is 5.82 Å². The van der Waals surface area contributed by atoms with E-state index in [1.165, 1.54) is 12.1 Å². The van der Waals surface area contributed by atoms with Crippen LogP contribution >= 0.6 is 27.5 Å². The number of carbonyl (C=O) groups is 1. The molecule has 5 rings (SSSR count). The van der Waals surface area contributed by atoms with E-state index in [1.807, 2.05) is 6.07 Å². The number of carbonyl (C=O) groups excluding carboxylic acids is 1. The lowest BCUT2D eigenvalue weighted by Crippen LogP contribution is -2.42. The van der Waals surface area contributed by atoms with Crippen LogP contribution < -0.4 is 15.8 Å². The predicted molar refractivity (Wildman–Crippen MR) is 121 cm³/mol. The lowest BCUT2D eigenvalue weighted by atomic mass is 9.81. The van der Waals surface area contributed by atoms with Gasteiger partial charge in [-0.25, -0.2) is 14.4 Å². The molecule has 10 heteroatoms. The van der Waals surface area contributed by atoms with Crippen LogP contribution in [0.3, 0.4) is 0 Å². The Balaban J connectivity index is 1.57. The number of amides is 1. The predicted octanol–water partition coefficient (Wildman–Crippen LogP) is 4.97. The summed E-state index contributed by atoms with van der Waals surface area (Å²) in [5.41, 5.74) is 6.59. The Hall–Kier alpha value is -3.17. The number of rotatable bonds is 2. The Morgan fingerprint density at radius 1 is 1.22 bits per heavy atom. The fourth-order valence-corrected chi connectivity index (χ4v) is 4.39. The topological polar surface area (TPSA) is 98.8 Å². The summed E-state index contributed by atoms with van der Waals surface area (Å²) < 4.78 is 27.0. The summed E-state index contributed by atoms with van der Waals surface area (Å²) in [6, 6.07) is 10.9. The third-order valence-electron chi connectivity index (χ3n) is 5.32. The van der Waals surface area contributed by atoms with Gasteiger partial charge in [0, 0.05) is 39.9 Å². The number of halogens is 3. The largest absolute Gasteiger partial charge is 0.449 e. The van der Waals surface area contributed by atoms with Crippen LogP contribution in [-0.4, -0.2) is 23.5 Å². The van der Waals surface area contributed by atoms with Gasteiger partial charge in [-0.3, -0.25) is 4.79 Å². The highest BCUT2D eigenvalue weighted by atomic mass is 79.9. The van der Waals surface area contributed by atoms with Gasteiger partial charge in [-0.2, -0.15) is 0 Å². The summed E-state index contributed by atoms with van der Waals surface area (Å²) in [6.45, 7) is 0.434. The molecule has 1 spiro atoms. The molecule has 2 aromatic carbocycles. The van der Waals surface area contributed by atoms with Gasteiger partial charge in [0.15, 0.2) is 5.60 Å². The zero-order chi connectivity index (χ0) is 22.5. The summed E-state index contributed by atoms with van der Waals surface area (Å²) in [4.78, 5) is 21.2. The number of hydrogen-bond donors (Lipinski definition) is 2. The fourth-order valence-electron chi connectivity index (χ4n) is 3.90. The Morgan fingerprint density at radius 2 is 2.06 bits per heavy atom. The van der Waals surface area contributed by atoms with Gasteiger partial charge in [0.05, 0.1) is 11.1 Å². The molecule has 32 heavy (non-hydrogen) atoms. The SMILES string of the molecule is NC1=NCC[C@]2(O1)c1cc(NC(=O)c3ccc(Cl)cc3F)ccc1Oc1ncc(Br)cc12. The maximum absolute atomic E-state index is 14.2. The third-order valence-corrected chi connectivity index (χ3v) is 5.99. The molecule has 0 bridgehead atoms. The molecule has 3 N–H and O–H groups in total. The van der Waals surface area contributed by atoms with E-state index in [2.05, 4.69) is 31.2 Å². The number of hydrogen-bond acceptors (Lipinski definition) is 6. The van der Waals surface area contributed by atoms with Crippen molar-refractivity contribution in [3.63, 3.8) is 0 Å². The molecule has 0 unspecified atom stereocenters. The van der Waals surface area contributed by atoms with E-state index in [1.54, 1.807) is 24.4 Å². The minimum atomic E-state index is -1.00. The maximum Gasteiger partial charge on any atom is 0.283 e. The quantitative estimate of drug-likeness (QED) is 0.500. The first-order chi connectivity index (χ1) is 15.4. The van der Waals surface area contributed by atoms with Gasteiger partial charge in [-0.05, 0) is 58.4 Å². The maximum atomic E-state index is 14.2. The van der Waals surface area contributed by atoms with E-state index in [4.69, 9.17) is 26.8 Å². The minimum absolute atomic E-state index is 0.0488. The number of ether oxygens (including phenoxy) is 2. The summed E-state index contributed by atoms with van der Waals surface area (Å²) in [7, 11) is 0. The molecule has 7 nitrogen and oxygen atoms in total. The van der Waals surface area contributed by atoms with E-state index in [0.717, 1.165) is 10.5 Å². The third kappa shape index (κ3) is 3.47. The molecule has 2 aliphatic rings. The zero-order valence-corrected chi connectivity index (χ0v) is 18.7. The van der Waals surface area contributed by atoms with Gasteiger partial charge >= 0.3 is 0 Å². The van der Waals surface area contributed by atoms with Crippen LogP contribution in [0.25, 0.3) is 0 Å². The first-order valence-corrected chi connectivity index (χ1v) is 10.8. The highest BCUT2D eigenvalue weighted by molar-refractivity contribution is 9.10. The van der Waals surface area contributed by atoms with E-state index in [-0.39, 0.29) is 16.6 Å². The Kier molecular flexibility index (Phi) is 5.02. The number of pyridine rings is 1. The van der Waals surface area contributed by atoms with Gasteiger partial charge in [-0.15, -0.1) is 0 Å². The monoisotopic (exact) mass is 516 g/mol. The van der Waals surface area contributed by atoms with E-state index >= 15 is 0 Å². The smallest absolute Gasteiger partial charge is 0.283 e. The number of aliphatic imine (C=N–C) groups is 1. The van der Waals surface area contributed by atoms with Crippen LogP contribution in [0.4, 0.5) is 10.1 Å². The van der Waals surface area contributed by atoms with Crippen molar-refractivity contribution < 1.29 is 18.7 Å². The molecular weight excluding hydrogens is 503 g/mol. The second kappa shape index (κ2) is 7.75. The van der Waals surface area contributed by atoms with Crippen LogP contribution in [0.5, 0.6) is 11.6 Å². The second-order valence-electron chi connectivity index (χ2n) is 7.30. The number of nitrogens with two attached hydrogens (primary N) is 1. The molecule has 2 aliphatic heterocycles. The average molecular weight is 518 g/mol. The molecule has 1 amide bonds. The summed E-state index contributed by atoms with van der Waals surface area (Å²) >= 11 is 9.22. The number of nitrogens with one attached hydrogen (secondary N) is 1. The summed E-state index contributed by atoms with van der Waals surface area (Å²) in [5, 5.41) is 2.93. The Bertz CT molecular complexity index is 1300. The summed E-state index contributed by atoms with van der Waals surface area (Å²) in [5.74, 6) is -0.411. The normalized spacial score (nSPS) is 18.7. The van der Waals surface area contributed by atoms with Crippen molar-refractivity contribution in [3.05, 3.63) is 80.7 Å². The van der Waals surface area contributed by atoms with Crippen molar-refractivity contribution in [2.24, 2.45) is 10.7 Å². The standard InChI is InChI=1S/C22H15BrClFN4O3/c23-11-7-16-20(28-10-11)31-18-4-2-13(9-15(18)22(16)5-6-27-21(26)32-22)29-19(30)14-3-1-12(24)8-17(14)25/h1-4,7-10H,5-6H2,(H2,26,27)(H,29,30)/t22-/m0/s1. The van der Waals surface area contributed by atoms with E-state index in [0.29, 0.717) is 41.4 Å². The van der Waals surface area contributed by atoms with Crippen LogP contribution in [0.15, 0.2) is 58.1 Å². The molecule has 1 atom stereocenters. The number of nitrogens with zero attached hydrogens (tertiary/aromatic N) is 2. The molecule has 1 aromatic heterocycles. The number of amidine groups is 1. The van der Waals surface area contributed by atoms with Gasteiger partial charge < -0.3 is 20.5 Å². The van der Waals surface area contributed by atoms with Crippen molar-refractivity contribution in [3.8, 4) is 11.6 Å². The van der Waals surface area contributed by atoms with Crippen molar-refractivity contribution in [2.75, 3.05) is 11.9 Å². The van der Waals surface area contributed by atoms with Gasteiger partial charge in [0.25, 0.3) is 11.9 Å². The first-order valence-electron chi connectivity index (χ1n) is 9.59. The van der Waals surface area contributed by atoms with Gasteiger partial charge in [-0.1, -0.05) is 11.6 Å². The zero-order valence-electron chi connectivity index (χ0n) is 16.4. The molecule has 0 fully saturated rings. The Morgan fingerprint density at radius 3 is 2.84 bits per heavy atom. The highest BCUT2D eigenvalue weighted by Crippen LogP contribution is 2.52. The molecule has 0 saturated heterocycles. The average Bonchev–Trinajstić information content (AvgIpc) is 2.75. The fraction of sp³-hybridized carbons (Fsp3) is 0.136. The number of anilines is 1. The highest BCUT2D eigenvalue weighted by Gasteiger charge is 2.47. The van der Waals surface area contributed by atoms with Crippen LogP contribution in [-0.2, 0) is 10.3 Å². The number of aromatic nitrogens is 1. The summed E-state index contributed by atoms with van der Waals surface area (Å²) in [6.07, 6.45) is 2.12. The molecule has 0 aliphatic carbocycles. The van der Waals surface area contributed by atoms with Crippen LogP contribution in [0.2, 0.25) is 5.02 Å². The van der Waals surface area contributed by atoms with Crippen molar-refractivity contribution in [1.29, 1.82) is 0 Å². The molecule has 162 valence electrons.